The standard InChI is InChI=1S/C14H16N4/c1-3-10(4-2-9(1)12-7-15-8-12)13-16-14(18-17-13)11-5-6-11/h1-4,11-12,15H,5-8H2,(H,16,17,18). The minimum absolute atomic E-state index is 0.631. The highest BCUT2D eigenvalue weighted by atomic mass is 15.2. The molecule has 0 radical (unpaired) electrons. The zero-order chi connectivity index (χ0) is 11.9. The lowest BCUT2D eigenvalue weighted by Gasteiger charge is -2.27. The minimum Gasteiger partial charge on any atom is -0.315 e. The molecule has 4 heteroatoms. The van der Waals surface area contributed by atoms with Crippen LogP contribution in [-0.2, 0) is 0 Å². The number of nitrogens with one attached hydrogen (secondary N) is 2. The summed E-state index contributed by atoms with van der Waals surface area (Å²) < 4.78 is 0. The molecule has 0 atom stereocenters. The highest BCUT2D eigenvalue weighted by Crippen LogP contribution is 2.38. The van der Waals surface area contributed by atoms with Crippen molar-refractivity contribution in [2.75, 3.05) is 13.1 Å². The lowest BCUT2D eigenvalue weighted by atomic mass is 9.93. The van der Waals surface area contributed by atoms with Crippen LogP contribution in [0.25, 0.3) is 11.4 Å². The maximum absolute atomic E-state index is 4.57. The summed E-state index contributed by atoms with van der Waals surface area (Å²) in [6, 6.07) is 8.67. The molecule has 2 N–H and O–H groups in total. The first-order valence-electron chi connectivity index (χ1n) is 6.63. The van der Waals surface area contributed by atoms with Crippen LogP contribution in [0.1, 0.15) is 36.1 Å². The summed E-state index contributed by atoms with van der Waals surface area (Å²) in [6.07, 6.45) is 2.50. The number of aromatic amines is 1. The third-order valence-electron chi connectivity index (χ3n) is 3.89. The molecule has 18 heavy (non-hydrogen) atoms. The van der Waals surface area contributed by atoms with Crippen molar-refractivity contribution < 1.29 is 0 Å². The van der Waals surface area contributed by atoms with E-state index >= 15 is 0 Å². The largest absolute Gasteiger partial charge is 0.315 e. The highest BCUT2D eigenvalue weighted by Gasteiger charge is 2.27. The zero-order valence-corrected chi connectivity index (χ0v) is 10.2. The van der Waals surface area contributed by atoms with Crippen molar-refractivity contribution in [3.05, 3.63) is 35.7 Å². The first kappa shape index (κ1) is 10.3. The van der Waals surface area contributed by atoms with E-state index in [-0.39, 0.29) is 0 Å². The van der Waals surface area contributed by atoms with Crippen molar-refractivity contribution in [1.82, 2.24) is 20.5 Å². The van der Waals surface area contributed by atoms with E-state index in [9.17, 15) is 0 Å². The molecule has 0 spiro atoms. The molecule has 0 bridgehead atoms. The smallest absolute Gasteiger partial charge is 0.181 e. The van der Waals surface area contributed by atoms with E-state index in [4.69, 9.17) is 0 Å². The molecule has 92 valence electrons. The Kier molecular flexibility index (Phi) is 2.23. The van der Waals surface area contributed by atoms with Crippen molar-refractivity contribution in [2.24, 2.45) is 0 Å². The lowest BCUT2D eigenvalue weighted by Crippen LogP contribution is -2.39. The monoisotopic (exact) mass is 240 g/mol. The highest BCUT2D eigenvalue weighted by molar-refractivity contribution is 5.55. The lowest BCUT2D eigenvalue weighted by molar-refractivity contribution is 0.448. The van der Waals surface area contributed by atoms with E-state index in [0.29, 0.717) is 11.8 Å². The maximum Gasteiger partial charge on any atom is 0.181 e. The van der Waals surface area contributed by atoms with Crippen LogP contribution in [-0.4, -0.2) is 28.3 Å². The molecule has 4 rings (SSSR count). The average Bonchev–Trinajstić information content (AvgIpc) is 3.07. The molecule has 1 aliphatic carbocycles. The number of aromatic nitrogens is 3. The number of rotatable bonds is 3. The molecule has 0 amide bonds. The molecule has 1 aromatic carbocycles. The van der Waals surface area contributed by atoms with E-state index in [1.165, 1.54) is 18.4 Å². The van der Waals surface area contributed by atoms with Gasteiger partial charge in [-0.15, -0.1) is 0 Å². The predicted octanol–water partition coefficient (Wildman–Crippen LogP) is 2.04. The van der Waals surface area contributed by atoms with Crippen LogP contribution in [0.5, 0.6) is 0 Å². The molecule has 2 aliphatic rings. The van der Waals surface area contributed by atoms with Gasteiger partial charge in [0.15, 0.2) is 5.82 Å². The van der Waals surface area contributed by atoms with Gasteiger partial charge < -0.3 is 5.32 Å². The predicted molar refractivity (Wildman–Crippen MR) is 69.4 cm³/mol. The van der Waals surface area contributed by atoms with Gasteiger partial charge in [-0.2, -0.15) is 5.10 Å². The van der Waals surface area contributed by atoms with Gasteiger partial charge in [0.1, 0.15) is 5.82 Å². The molecule has 4 nitrogen and oxygen atoms in total. The molecule has 1 aromatic heterocycles. The fourth-order valence-corrected chi connectivity index (χ4v) is 2.37. The maximum atomic E-state index is 4.57. The SMILES string of the molecule is c1cc(C2CNC2)ccc1-c1n[nH]c(C2CC2)n1. The Morgan fingerprint density at radius 2 is 1.78 bits per heavy atom. The molecular weight excluding hydrogens is 224 g/mol. The quantitative estimate of drug-likeness (QED) is 0.863. The van der Waals surface area contributed by atoms with Crippen LogP contribution in [0.15, 0.2) is 24.3 Å². The fourth-order valence-electron chi connectivity index (χ4n) is 2.37. The van der Waals surface area contributed by atoms with Crippen LogP contribution in [0.2, 0.25) is 0 Å². The van der Waals surface area contributed by atoms with Gasteiger partial charge in [0.25, 0.3) is 0 Å². The second kappa shape index (κ2) is 3.92. The normalized spacial score (nSPS) is 19.8. The third-order valence-corrected chi connectivity index (χ3v) is 3.89. The minimum atomic E-state index is 0.631. The topological polar surface area (TPSA) is 53.6 Å². The van der Waals surface area contributed by atoms with Gasteiger partial charge in [0.2, 0.25) is 0 Å². The van der Waals surface area contributed by atoms with Gasteiger partial charge in [-0.25, -0.2) is 4.98 Å². The molecule has 0 unspecified atom stereocenters. The summed E-state index contributed by atoms with van der Waals surface area (Å²) in [5.41, 5.74) is 2.52. The number of hydrogen-bond acceptors (Lipinski definition) is 3. The first-order chi connectivity index (χ1) is 8.90. The Balaban J connectivity index is 1.58. The van der Waals surface area contributed by atoms with Crippen LogP contribution in [0.3, 0.4) is 0 Å². The van der Waals surface area contributed by atoms with Crippen LogP contribution in [0, 0.1) is 0 Å². The van der Waals surface area contributed by atoms with Crippen LogP contribution in [0.4, 0.5) is 0 Å². The average molecular weight is 240 g/mol. The molecule has 1 saturated heterocycles. The number of hydrogen-bond donors (Lipinski definition) is 2. The van der Waals surface area contributed by atoms with E-state index < -0.39 is 0 Å². The molecule has 2 fully saturated rings. The Hall–Kier alpha value is -1.68. The van der Waals surface area contributed by atoms with Crippen LogP contribution < -0.4 is 5.32 Å². The van der Waals surface area contributed by atoms with Crippen LogP contribution >= 0.6 is 0 Å². The van der Waals surface area contributed by atoms with E-state index in [0.717, 1.165) is 30.3 Å². The van der Waals surface area contributed by atoms with Gasteiger partial charge in [-0.05, 0) is 18.4 Å². The zero-order valence-electron chi connectivity index (χ0n) is 10.2. The van der Waals surface area contributed by atoms with Crippen molar-refractivity contribution in [3.63, 3.8) is 0 Å². The molecule has 2 aromatic rings. The number of nitrogens with zero attached hydrogens (tertiary/aromatic N) is 2. The van der Waals surface area contributed by atoms with Gasteiger partial charge in [-0.1, -0.05) is 24.3 Å². The van der Waals surface area contributed by atoms with Crippen molar-refractivity contribution in [2.45, 2.75) is 24.7 Å². The summed E-state index contributed by atoms with van der Waals surface area (Å²) >= 11 is 0. The summed E-state index contributed by atoms with van der Waals surface area (Å²) in [6.45, 7) is 2.21. The van der Waals surface area contributed by atoms with Gasteiger partial charge in [-0.3, -0.25) is 5.10 Å². The molecule has 1 aliphatic heterocycles. The summed E-state index contributed by atoms with van der Waals surface area (Å²) in [5.74, 6) is 3.20. The second-order valence-electron chi connectivity index (χ2n) is 5.30. The second-order valence-corrected chi connectivity index (χ2v) is 5.30. The first-order valence-corrected chi connectivity index (χ1v) is 6.63. The molecular formula is C14H16N4. The van der Waals surface area contributed by atoms with E-state index in [2.05, 4.69) is 44.8 Å². The van der Waals surface area contributed by atoms with Gasteiger partial charge in [0.05, 0.1) is 0 Å². The number of H-pyrrole nitrogens is 1. The molecule has 1 saturated carbocycles. The van der Waals surface area contributed by atoms with Crippen molar-refractivity contribution >= 4 is 0 Å². The van der Waals surface area contributed by atoms with E-state index in [1.54, 1.807) is 0 Å². The Labute approximate surface area is 106 Å². The van der Waals surface area contributed by atoms with Crippen molar-refractivity contribution in [1.29, 1.82) is 0 Å². The van der Waals surface area contributed by atoms with E-state index in [1.807, 2.05) is 0 Å². The van der Waals surface area contributed by atoms with Gasteiger partial charge in [0, 0.05) is 30.5 Å². The molecule has 2 heterocycles. The Bertz CT molecular complexity index is 549. The third kappa shape index (κ3) is 1.73. The Morgan fingerprint density at radius 3 is 2.39 bits per heavy atom. The summed E-state index contributed by atoms with van der Waals surface area (Å²) in [4.78, 5) is 4.57. The van der Waals surface area contributed by atoms with Crippen molar-refractivity contribution in [3.8, 4) is 11.4 Å². The number of benzene rings is 1. The summed E-state index contributed by atoms with van der Waals surface area (Å²) in [5, 5.41) is 10.7. The fraction of sp³-hybridized carbons (Fsp3) is 0.429. The summed E-state index contributed by atoms with van der Waals surface area (Å²) in [7, 11) is 0. The Morgan fingerprint density at radius 1 is 1.00 bits per heavy atom. The van der Waals surface area contributed by atoms with Gasteiger partial charge >= 0.3 is 0 Å².